The fraction of sp³-hybridized carbons (Fsp3) is 0.400. The van der Waals surface area contributed by atoms with Crippen LogP contribution in [-0.2, 0) is 10.0 Å². The van der Waals surface area contributed by atoms with Crippen LogP contribution in [0.2, 0.25) is 10.0 Å². The maximum Gasteiger partial charge on any atom is 0.233 e. The van der Waals surface area contributed by atoms with E-state index in [0.717, 1.165) is 0 Å². The zero-order chi connectivity index (χ0) is 13.1. The van der Waals surface area contributed by atoms with E-state index in [-0.39, 0.29) is 33.3 Å². The van der Waals surface area contributed by atoms with E-state index in [1.54, 1.807) is 25.1 Å². The number of hydrogen-bond acceptors (Lipinski definition) is 2. The molecule has 17 heavy (non-hydrogen) atoms. The normalized spacial score (nSPS) is 13.4. The van der Waals surface area contributed by atoms with E-state index >= 15 is 0 Å². The van der Waals surface area contributed by atoms with Crippen molar-refractivity contribution in [2.45, 2.75) is 6.92 Å². The first kappa shape index (κ1) is 14.9. The minimum atomic E-state index is -3.49. The molecule has 0 saturated carbocycles. The lowest BCUT2D eigenvalue weighted by Crippen LogP contribution is -2.22. The van der Waals surface area contributed by atoms with Gasteiger partial charge < -0.3 is 0 Å². The summed E-state index contributed by atoms with van der Waals surface area (Å²) in [5.74, 6) is 0.0605. The molecule has 7 heteroatoms. The van der Waals surface area contributed by atoms with Crippen LogP contribution in [-0.4, -0.2) is 20.1 Å². The molecule has 0 heterocycles. The molecule has 0 saturated heterocycles. The Hall–Kier alpha value is -0.160. The van der Waals surface area contributed by atoms with E-state index in [9.17, 15) is 8.42 Å². The fourth-order valence-corrected chi connectivity index (χ4v) is 3.54. The van der Waals surface area contributed by atoms with Gasteiger partial charge in [0.05, 0.1) is 21.5 Å². The summed E-state index contributed by atoms with van der Waals surface area (Å²) >= 11 is 17.3. The van der Waals surface area contributed by atoms with Crippen LogP contribution in [0, 0.1) is 5.92 Å². The Kier molecular flexibility index (Phi) is 5.38. The quantitative estimate of drug-likeness (QED) is 0.844. The SMILES string of the molecule is CC(CCl)CS(=O)(=O)Nc1c(Cl)cccc1Cl. The minimum Gasteiger partial charge on any atom is -0.281 e. The summed E-state index contributed by atoms with van der Waals surface area (Å²) in [7, 11) is -3.49. The molecule has 0 aromatic heterocycles. The average molecular weight is 317 g/mol. The summed E-state index contributed by atoms with van der Waals surface area (Å²) in [6, 6.07) is 4.77. The highest BCUT2D eigenvalue weighted by molar-refractivity contribution is 7.92. The number of nitrogens with one attached hydrogen (secondary N) is 1. The number of para-hydroxylation sites is 1. The molecule has 1 aromatic rings. The number of hydrogen-bond donors (Lipinski definition) is 1. The summed E-state index contributed by atoms with van der Waals surface area (Å²) in [5, 5.41) is 0.527. The number of anilines is 1. The topological polar surface area (TPSA) is 46.2 Å². The lowest BCUT2D eigenvalue weighted by Gasteiger charge is -2.13. The second-order valence-corrected chi connectivity index (χ2v) is 6.63. The summed E-state index contributed by atoms with van der Waals surface area (Å²) in [5.41, 5.74) is 0.206. The average Bonchev–Trinajstić information content (AvgIpc) is 2.23. The molecule has 0 spiro atoms. The molecule has 3 nitrogen and oxygen atoms in total. The second kappa shape index (κ2) is 6.14. The molecular formula is C10H12Cl3NO2S. The van der Waals surface area contributed by atoms with E-state index in [2.05, 4.69) is 4.72 Å². The highest BCUT2D eigenvalue weighted by Gasteiger charge is 2.17. The first-order valence-electron chi connectivity index (χ1n) is 4.86. The molecule has 1 aromatic carbocycles. The van der Waals surface area contributed by atoms with Gasteiger partial charge in [0.1, 0.15) is 0 Å². The van der Waals surface area contributed by atoms with Crippen LogP contribution in [0.5, 0.6) is 0 Å². The van der Waals surface area contributed by atoms with Crippen molar-refractivity contribution in [1.82, 2.24) is 0 Å². The second-order valence-electron chi connectivity index (χ2n) is 3.74. The van der Waals surface area contributed by atoms with Crippen LogP contribution in [0.3, 0.4) is 0 Å². The van der Waals surface area contributed by atoms with Crippen molar-refractivity contribution in [2.75, 3.05) is 16.4 Å². The molecule has 96 valence electrons. The Morgan fingerprint density at radius 2 is 1.82 bits per heavy atom. The summed E-state index contributed by atoms with van der Waals surface area (Å²) in [4.78, 5) is 0. The Bertz CT molecular complexity index is 470. The molecule has 0 bridgehead atoms. The number of rotatable bonds is 5. The lowest BCUT2D eigenvalue weighted by molar-refractivity contribution is 0.588. The molecule has 0 aliphatic heterocycles. The number of benzene rings is 1. The summed E-state index contributed by atoms with van der Waals surface area (Å²) in [6.45, 7) is 1.75. The van der Waals surface area contributed by atoms with Crippen molar-refractivity contribution in [3.8, 4) is 0 Å². The Morgan fingerprint density at radius 3 is 2.29 bits per heavy atom. The van der Waals surface area contributed by atoms with Crippen LogP contribution in [0.15, 0.2) is 18.2 Å². The summed E-state index contributed by atoms with van der Waals surface area (Å²) < 4.78 is 25.9. The molecule has 1 unspecified atom stereocenters. The largest absolute Gasteiger partial charge is 0.281 e. The van der Waals surface area contributed by atoms with Crippen LogP contribution in [0.1, 0.15) is 6.92 Å². The van der Waals surface area contributed by atoms with E-state index in [1.165, 1.54) is 0 Å². The molecule has 1 atom stereocenters. The Balaban J connectivity index is 2.91. The van der Waals surface area contributed by atoms with Gasteiger partial charge in [0.15, 0.2) is 0 Å². The lowest BCUT2D eigenvalue weighted by atomic mass is 10.3. The molecule has 1 rings (SSSR count). The zero-order valence-corrected chi connectivity index (χ0v) is 12.2. The minimum absolute atomic E-state index is 0.0714. The van der Waals surface area contributed by atoms with Crippen LogP contribution in [0.25, 0.3) is 0 Å². The van der Waals surface area contributed by atoms with E-state index in [1.807, 2.05) is 0 Å². The van der Waals surface area contributed by atoms with Gasteiger partial charge in [-0.1, -0.05) is 36.2 Å². The van der Waals surface area contributed by atoms with Crippen molar-refractivity contribution in [1.29, 1.82) is 0 Å². The molecule has 0 fully saturated rings. The molecular weight excluding hydrogens is 305 g/mol. The van der Waals surface area contributed by atoms with E-state index in [4.69, 9.17) is 34.8 Å². The Labute approximate surface area is 116 Å². The van der Waals surface area contributed by atoms with Crippen molar-refractivity contribution in [3.05, 3.63) is 28.2 Å². The highest BCUT2D eigenvalue weighted by Crippen LogP contribution is 2.30. The van der Waals surface area contributed by atoms with Crippen LogP contribution >= 0.6 is 34.8 Å². The van der Waals surface area contributed by atoms with Crippen molar-refractivity contribution in [3.63, 3.8) is 0 Å². The number of sulfonamides is 1. The van der Waals surface area contributed by atoms with Crippen molar-refractivity contribution >= 4 is 50.5 Å². The molecule has 0 radical (unpaired) electrons. The standard InChI is InChI=1S/C10H12Cl3NO2S/c1-7(5-11)6-17(15,16)14-10-8(12)3-2-4-9(10)13/h2-4,7,14H,5-6H2,1H3. The third kappa shape index (κ3) is 4.54. The van der Waals surface area contributed by atoms with Gasteiger partial charge in [0.2, 0.25) is 10.0 Å². The van der Waals surface area contributed by atoms with Gasteiger partial charge in [0, 0.05) is 5.88 Å². The predicted molar refractivity (Wildman–Crippen MR) is 73.8 cm³/mol. The highest BCUT2D eigenvalue weighted by atomic mass is 35.5. The van der Waals surface area contributed by atoms with Gasteiger partial charge in [-0.2, -0.15) is 0 Å². The van der Waals surface area contributed by atoms with Gasteiger partial charge >= 0.3 is 0 Å². The monoisotopic (exact) mass is 315 g/mol. The van der Waals surface area contributed by atoms with Gasteiger partial charge in [-0.25, -0.2) is 8.42 Å². The summed E-state index contributed by atoms with van der Waals surface area (Å²) in [6.07, 6.45) is 0. The first-order valence-corrected chi connectivity index (χ1v) is 7.80. The van der Waals surface area contributed by atoms with Gasteiger partial charge in [-0.3, -0.25) is 4.72 Å². The molecule has 0 aliphatic rings. The maximum atomic E-state index is 11.8. The fourth-order valence-electron chi connectivity index (χ4n) is 1.21. The van der Waals surface area contributed by atoms with E-state index in [0.29, 0.717) is 0 Å². The van der Waals surface area contributed by atoms with Gasteiger partial charge in [0.25, 0.3) is 0 Å². The smallest absolute Gasteiger partial charge is 0.233 e. The van der Waals surface area contributed by atoms with Crippen LogP contribution in [0.4, 0.5) is 5.69 Å². The molecule has 0 amide bonds. The van der Waals surface area contributed by atoms with Gasteiger partial charge in [-0.05, 0) is 18.1 Å². The van der Waals surface area contributed by atoms with Crippen molar-refractivity contribution in [2.24, 2.45) is 5.92 Å². The Morgan fingerprint density at radius 1 is 1.29 bits per heavy atom. The van der Waals surface area contributed by atoms with E-state index < -0.39 is 10.0 Å². The third-order valence-electron chi connectivity index (χ3n) is 1.99. The zero-order valence-electron chi connectivity index (χ0n) is 9.08. The van der Waals surface area contributed by atoms with Crippen LogP contribution < -0.4 is 4.72 Å². The molecule has 0 aliphatic carbocycles. The number of halogens is 3. The molecule has 1 N–H and O–H groups in total. The number of alkyl halides is 1. The predicted octanol–water partition coefficient (Wildman–Crippen LogP) is 3.61. The maximum absolute atomic E-state index is 11.8. The first-order chi connectivity index (χ1) is 7.85. The third-order valence-corrected chi connectivity index (χ3v) is 4.67. The van der Waals surface area contributed by atoms with Gasteiger partial charge in [-0.15, -0.1) is 11.6 Å². The van der Waals surface area contributed by atoms with Crippen molar-refractivity contribution < 1.29 is 8.42 Å².